The lowest BCUT2D eigenvalue weighted by atomic mass is 10.1. The molecule has 178 valence electrons. The molecule has 0 radical (unpaired) electrons. The fourth-order valence-electron chi connectivity index (χ4n) is 2.34. The lowest BCUT2D eigenvalue weighted by molar-refractivity contribution is -0.870. The van der Waals surface area contributed by atoms with Crippen LogP contribution >= 0.6 is 7.82 Å². The number of ether oxygens (including phenoxy) is 2. The van der Waals surface area contributed by atoms with Gasteiger partial charge < -0.3 is 18.9 Å². The van der Waals surface area contributed by atoms with Crippen LogP contribution in [0.2, 0.25) is 0 Å². The molecule has 0 aliphatic carbocycles. The number of hydrogen-bond donors (Lipinski definition) is 1. The number of carbonyl (C=O) groups excluding carboxylic acids is 2. The van der Waals surface area contributed by atoms with Gasteiger partial charge in [0.1, 0.15) is 19.8 Å². The third-order valence-electron chi connectivity index (χ3n) is 4.19. The largest absolute Gasteiger partial charge is 0.472 e. The minimum atomic E-state index is -4.31. The van der Waals surface area contributed by atoms with Crippen molar-refractivity contribution in [3.05, 3.63) is 0 Å². The van der Waals surface area contributed by atoms with Gasteiger partial charge in [0.15, 0.2) is 6.10 Å². The summed E-state index contributed by atoms with van der Waals surface area (Å²) in [5, 5.41) is 0. The molecule has 0 fully saturated rings. The number of esters is 2. The second-order valence-electron chi connectivity index (χ2n) is 8.28. The molecule has 0 rings (SSSR count). The van der Waals surface area contributed by atoms with Gasteiger partial charge in [-0.1, -0.05) is 46.0 Å². The highest BCUT2D eigenvalue weighted by molar-refractivity contribution is 7.47. The molecule has 2 atom stereocenters. The lowest BCUT2D eigenvalue weighted by Gasteiger charge is -2.24. The Kier molecular flexibility index (Phi) is 15.2. The highest BCUT2D eigenvalue weighted by atomic mass is 31.2. The third-order valence-corrected chi connectivity index (χ3v) is 5.18. The lowest BCUT2D eigenvalue weighted by Crippen LogP contribution is -2.37. The first-order chi connectivity index (χ1) is 14.0. The predicted molar refractivity (Wildman–Crippen MR) is 114 cm³/mol. The summed E-state index contributed by atoms with van der Waals surface area (Å²) in [7, 11) is 1.46. The summed E-state index contributed by atoms with van der Waals surface area (Å²) < 4.78 is 32.8. The first-order valence-electron chi connectivity index (χ1n) is 10.8. The van der Waals surface area contributed by atoms with E-state index in [1.807, 2.05) is 21.1 Å². The molecule has 0 heterocycles. The summed E-state index contributed by atoms with van der Waals surface area (Å²) in [6.07, 6.45) is 5.64. The molecule has 30 heavy (non-hydrogen) atoms. The van der Waals surface area contributed by atoms with Crippen LogP contribution in [0.3, 0.4) is 0 Å². The second-order valence-corrected chi connectivity index (χ2v) is 9.73. The molecule has 1 N–H and O–H groups in total. The summed E-state index contributed by atoms with van der Waals surface area (Å²) >= 11 is 0. The number of nitrogens with zero attached hydrogens (tertiary/aromatic N) is 1. The maximum Gasteiger partial charge on any atom is 0.472 e. The van der Waals surface area contributed by atoms with E-state index in [4.69, 9.17) is 18.5 Å². The van der Waals surface area contributed by atoms with Crippen LogP contribution in [-0.2, 0) is 32.7 Å². The van der Waals surface area contributed by atoms with E-state index in [0.29, 0.717) is 17.4 Å². The second kappa shape index (κ2) is 15.8. The van der Waals surface area contributed by atoms with E-state index in [0.717, 1.165) is 25.7 Å². The van der Waals surface area contributed by atoms with Gasteiger partial charge in [0.2, 0.25) is 0 Å². The molecular weight excluding hydrogens is 413 g/mol. The van der Waals surface area contributed by atoms with Crippen molar-refractivity contribution < 1.29 is 42.1 Å². The monoisotopic (exact) mass is 454 g/mol. The number of carbonyl (C=O) groups is 2. The minimum absolute atomic E-state index is 0.0323. The van der Waals surface area contributed by atoms with Crippen LogP contribution in [0, 0.1) is 0 Å². The molecule has 10 heteroatoms. The number of unbranched alkanes of at least 4 members (excludes halogenated alkanes) is 5. The van der Waals surface area contributed by atoms with Gasteiger partial charge >= 0.3 is 19.8 Å². The van der Waals surface area contributed by atoms with Crippen molar-refractivity contribution in [2.24, 2.45) is 0 Å². The van der Waals surface area contributed by atoms with Gasteiger partial charge in [-0.2, -0.15) is 0 Å². The number of hydrogen-bond acceptors (Lipinski definition) is 7. The van der Waals surface area contributed by atoms with Gasteiger partial charge in [-0.05, 0) is 6.42 Å². The van der Waals surface area contributed by atoms with Crippen LogP contribution in [0.15, 0.2) is 0 Å². The van der Waals surface area contributed by atoms with Gasteiger partial charge in [0, 0.05) is 12.8 Å². The van der Waals surface area contributed by atoms with E-state index < -0.39 is 32.5 Å². The Hall–Kier alpha value is -0.990. The van der Waals surface area contributed by atoms with Gasteiger partial charge in [-0.15, -0.1) is 0 Å². The number of likely N-dealkylation sites (N-methyl/N-ethyl adjacent to an activating group) is 1. The Morgan fingerprint density at radius 3 is 2.17 bits per heavy atom. The van der Waals surface area contributed by atoms with Crippen LogP contribution in [-0.4, -0.2) is 74.9 Å². The molecule has 0 saturated heterocycles. The van der Waals surface area contributed by atoms with Crippen LogP contribution in [0.4, 0.5) is 0 Å². The van der Waals surface area contributed by atoms with Crippen LogP contribution < -0.4 is 0 Å². The first-order valence-corrected chi connectivity index (χ1v) is 12.3. The molecule has 9 nitrogen and oxygen atoms in total. The van der Waals surface area contributed by atoms with Crippen LogP contribution in [0.25, 0.3) is 0 Å². The minimum Gasteiger partial charge on any atom is -0.462 e. The Labute approximate surface area is 181 Å². The smallest absolute Gasteiger partial charge is 0.462 e. The van der Waals surface area contributed by atoms with E-state index in [1.54, 1.807) is 6.92 Å². The van der Waals surface area contributed by atoms with Crippen molar-refractivity contribution in [2.75, 3.05) is 47.5 Å². The molecule has 0 amide bonds. The fraction of sp³-hybridized carbons (Fsp3) is 0.900. The molecule has 0 spiro atoms. The maximum atomic E-state index is 12.1. The van der Waals surface area contributed by atoms with Crippen molar-refractivity contribution in [3.63, 3.8) is 0 Å². The number of phosphoric acid groups is 1. The predicted octanol–water partition coefficient (Wildman–Crippen LogP) is 3.44. The summed E-state index contributed by atoms with van der Waals surface area (Å²) in [4.78, 5) is 33.3. The standard InChI is InChI=1S/C20H40NO8P/c1-6-8-9-10-11-12-13-20(23)29-18(16-26-19(22)7-2)17-28-30(24,25)27-15-14-21(3,4)5/h18H,6-17H2,1-5H3/p+1/t18-/m1/s1. The average molecular weight is 455 g/mol. The number of phosphoric ester groups is 1. The topological polar surface area (TPSA) is 108 Å². The highest BCUT2D eigenvalue weighted by Gasteiger charge is 2.26. The summed E-state index contributed by atoms with van der Waals surface area (Å²) in [5.41, 5.74) is 0. The third kappa shape index (κ3) is 17.8. The first kappa shape index (κ1) is 29.0. The van der Waals surface area contributed by atoms with E-state index in [9.17, 15) is 19.0 Å². The fourth-order valence-corrected chi connectivity index (χ4v) is 3.08. The van der Waals surface area contributed by atoms with Gasteiger partial charge in [0.25, 0.3) is 0 Å². The Morgan fingerprint density at radius 2 is 1.57 bits per heavy atom. The average Bonchev–Trinajstić information content (AvgIpc) is 2.65. The van der Waals surface area contributed by atoms with E-state index in [-0.39, 0.29) is 26.1 Å². The molecular formula is C20H41NO8P+. The quantitative estimate of drug-likeness (QED) is 0.145. The summed E-state index contributed by atoms with van der Waals surface area (Å²) in [6.45, 7) is 3.68. The number of quaternary nitrogens is 1. The molecule has 0 aliphatic rings. The van der Waals surface area contributed by atoms with E-state index in [1.165, 1.54) is 6.42 Å². The molecule has 0 aromatic heterocycles. The highest BCUT2D eigenvalue weighted by Crippen LogP contribution is 2.43. The summed E-state index contributed by atoms with van der Waals surface area (Å²) in [6, 6.07) is 0. The normalized spacial score (nSPS) is 14.7. The van der Waals surface area contributed by atoms with Crippen molar-refractivity contribution in [3.8, 4) is 0 Å². The molecule has 0 saturated carbocycles. The van der Waals surface area contributed by atoms with Crippen molar-refractivity contribution >= 4 is 19.8 Å². The zero-order chi connectivity index (χ0) is 23.0. The SMILES string of the molecule is CCCCCCCCC(=O)O[C@H](COC(=O)CC)COP(=O)(O)OCC[N+](C)(C)C. The van der Waals surface area contributed by atoms with Crippen molar-refractivity contribution in [1.82, 2.24) is 0 Å². The van der Waals surface area contributed by atoms with Gasteiger partial charge in [0.05, 0.1) is 27.7 Å². The van der Waals surface area contributed by atoms with Crippen molar-refractivity contribution in [1.29, 1.82) is 0 Å². The zero-order valence-corrected chi connectivity index (χ0v) is 20.2. The number of rotatable bonds is 18. The Morgan fingerprint density at radius 1 is 0.933 bits per heavy atom. The zero-order valence-electron chi connectivity index (χ0n) is 19.3. The van der Waals surface area contributed by atoms with Crippen molar-refractivity contribution in [2.45, 2.75) is 71.3 Å². The molecule has 0 aromatic rings. The molecule has 0 aromatic carbocycles. The van der Waals surface area contributed by atoms with Gasteiger partial charge in [-0.25, -0.2) is 4.57 Å². The Bertz CT molecular complexity index is 535. The Balaban J connectivity index is 4.49. The molecule has 1 unspecified atom stereocenters. The summed E-state index contributed by atoms with van der Waals surface area (Å²) in [5.74, 6) is -0.913. The van der Waals surface area contributed by atoms with Crippen LogP contribution in [0.5, 0.6) is 0 Å². The van der Waals surface area contributed by atoms with E-state index in [2.05, 4.69) is 6.92 Å². The van der Waals surface area contributed by atoms with E-state index >= 15 is 0 Å². The van der Waals surface area contributed by atoms with Crippen LogP contribution in [0.1, 0.15) is 65.2 Å². The van der Waals surface area contributed by atoms with Gasteiger partial charge in [-0.3, -0.25) is 18.6 Å². The molecule has 0 bridgehead atoms. The maximum absolute atomic E-state index is 12.1. The molecule has 0 aliphatic heterocycles.